The number of carbonyl (C=O) groups excluding carboxylic acids is 3. The Hall–Kier alpha value is -2.85. The van der Waals surface area contributed by atoms with Gasteiger partial charge in [0, 0.05) is 24.6 Å². The highest BCUT2D eigenvalue weighted by atomic mass is 35.5. The zero-order valence-electron chi connectivity index (χ0n) is 22.7. The lowest BCUT2D eigenvalue weighted by molar-refractivity contribution is -0.153. The average molecular weight is 600 g/mol. The minimum atomic E-state index is -1.83. The van der Waals surface area contributed by atoms with Crippen LogP contribution in [0.2, 0.25) is 0 Å². The molecule has 2 atom stereocenters. The summed E-state index contributed by atoms with van der Waals surface area (Å²) in [6.07, 6.45) is 0.252. The first-order chi connectivity index (χ1) is 19.0. The lowest BCUT2D eigenvalue weighted by Gasteiger charge is -2.31. The highest BCUT2D eigenvalue weighted by molar-refractivity contribution is 6.19. The molecule has 0 aliphatic heterocycles. The fraction of sp³-hybridized carbons (Fsp3) is 0.483. The number of rotatable bonds is 18. The van der Waals surface area contributed by atoms with Crippen molar-refractivity contribution in [3.8, 4) is 11.5 Å². The molecule has 0 spiro atoms. The topological polar surface area (TPSA) is 129 Å². The molecular formula is C29H36Cl2O9. The molecule has 0 fully saturated rings. The Morgan fingerprint density at radius 1 is 0.650 bits per heavy atom. The zero-order valence-corrected chi connectivity index (χ0v) is 24.2. The van der Waals surface area contributed by atoms with E-state index < -0.39 is 28.9 Å². The molecule has 0 saturated heterocycles. The molecule has 0 radical (unpaired) electrons. The number of hydrogen-bond donors (Lipinski definition) is 2. The maximum atomic E-state index is 13.1. The molecule has 2 N–H and O–H groups in total. The molecular weight excluding hydrogens is 563 g/mol. The van der Waals surface area contributed by atoms with Gasteiger partial charge >= 0.3 is 11.9 Å². The third-order valence-electron chi connectivity index (χ3n) is 5.75. The largest absolute Gasteiger partial charge is 0.490 e. The van der Waals surface area contributed by atoms with Crippen molar-refractivity contribution in [2.45, 2.75) is 50.7 Å². The zero-order chi connectivity index (χ0) is 29.6. The molecule has 0 aliphatic rings. The van der Waals surface area contributed by atoms with E-state index in [1.165, 1.54) is 13.8 Å². The van der Waals surface area contributed by atoms with Crippen LogP contribution in [0, 0.1) is 0 Å². The highest BCUT2D eigenvalue weighted by Gasteiger charge is 2.42. The van der Waals surface area contributed by atoms with Crippen molar-refractivity contribution in [1.82, 2.24) is 0 Å². The van der Waals surface area contributed by atoms with Crippen molar-refractivity contribution in [2.75, 3.05) is 38.2 Å². The molecule has 40 heavy (non-hydrogen) atoms. The van der Waals surface area contributed by atoms with Gasteiger partial charge in [-0.3, -0.25) is 14.4 Å². The molecule has 0 bridgehead atoms. The summed E-state index contributed by atoms with van der Waals surface area (Å²) in [7, 11) is 0. The minimum Gasteiger partial charge on any atom is -0.490 e. The number of halogens is 2. The van der Waals surface area contributed by atoms with E-state index in [0.717, 1.165) is 0 Å². The summed E-state index contributed by atoms with van der Waals surface area (Å²) in [5.74, 6) is -0.0206. The molecule has 0 heterocycles. The summed E-state index contributed by atoms with van der Waals surface area (Å²) in [5, 5.41) is 21.9. The summed E-state index contributed by atoms with van der Waals surface area (Å²) in [4.78, 5) is 35.7. The summed E-state index contributed by atoms with van der Waals surface area (Å²) >= 11 is 11.0. The van der Waals surface area contributed by atoms with Crippen LogP contribution in [0.5, 0.6) is 11.5 Å². The molecule has 2 unspecified atom stereocenters. The van der Waals surface area contributed by atoms with Gasteiger partial charge in [-0.2, -0.15) is 0 Å². The lowest BCUT2D eigenvalue weighted by atomic mass is 9.80. The quantitative estimate of drug-likeness (QED) is 0.150. The van der Waals surface area contributed by atoms with Gasteiger partial charge in [0.1, 0.15) is 49.1 Å². The maximum absolute atomic E-state index is 13.1. The van der Waals surface area contributed by atoms with Gasteiger partial charge < -0.3 is 29.2 Å². The molecule has 9 nitrogen and oxygen atoms in total. The van der Waals surface area contributed by atoms with Gasteiger partial charge in [-0.15, -0.1) is 23.2 Å². The summed E-state index contributed by atoms with van der Waals surface area (Å²) in [6, 6.07) is 13.6. The van der Waals surface area contributed by atoms with E-state index in [1.807, 2.05) is 0 Å². The van der Waals surface area contributed by atoms with Gasteiger partial charge in [0.05, 0.1) is 12.8 Å². The number of Topliss-reactive ketones (excluding diaryl/α,β-unsaturated/α-hetero) is 1. The number of ether oxygens (including phenoxy) is 4. The van der Waals surface area contributed by atoms with E-state index in [1.54, 1.807) is 48.5 Å². The molecule has 0 aliphatic carbocycles. The van der Waals surface area contributed by atoms with Crippen molar-refractivity contribution in [1.29, 1.82) is 0 Å². The van der Waals surface area contributed by atoms with E-state index in [2.05, 4.69) is 0 Å². The number of aliphatic hydroxyl groups is 2. The second-order valence-corrected chi connectivity index (χ2v) is 10.3. The average Bonchev–Trinajstić information content (AvgIpc) is 2.90. The van der Waals surface area contributed by atoms with Crippen molar-refractivity contribution in [3.63, 3.8) is 0 Å². The molecule has 2 rings (SSSR count). The Kier molecular flexibility index (Phi) is 13.7. The molecule has 0 aromatic heterocycles. The van der Waals surface area contributed by atoms with Crippen molar-refractivity contribution in [3.05, 3.63) is 59.7 Å². The fourth-order valence-corrected chi connectivity index (χ4v) is 4.18. The number of alkyl halides is 2. The summed E-state index contributed by atoms with van der Waals surface area (Å²) < 4.78 is 21.0. The van der Waals surface area contributed by atoms with Crippen LogP contribution in [0.4, 0.5) is 0 Å². The van der Waals surface area contributed by atoms with Crippen LogP contribution in [-0.2, 0) is 36.7 Å². The second-order valence-electron chi connectivity index (χ2n) is 9.53. The van der Waals surface area contributed by atoms with Crippen LogP contribution in [0.25, 0.3) is 0 Å². The van der Waals surface area contributed by atoms with Gasteiger partial charge in [0.2, 0.25) is 0 Å². The van der Waals surface area contributed by atoms with E-state index >= 15 is 0 Å². The maximum Gasteiger partial charge on any atom is 0.307 e. The Morgan fingerprint density at radius 3 is 1.32 bits per heavy atom. The fourth-order valence-electron chi connectivity index (χ4n) is 3.87. The predicted octanol–water partition coefficient (Wildman–Crippen LogP) is 3.64. The third-order valence-corrected chi connectivity index (χ3v) is 6.13. The first-order valence-electron chi connectivity index (χ1n) is 12.8. The molecule has 2 aromatic rings. The lowest BCUT2D eigenvalue weighted by Crippen LogP contribution is -2.52. The van der Waals surface area contributed by atoms with E-state index in [0.29, 0.717) is 22.6 Å². The second kappa shape index (κ2) is 16.4. The van der Waals surface area contributed by atoms with Crippen LogP contribution in [0.1, 0.15) is 37.8 Å². The summed E-state index contributed by atoms with van der Waals surface area (Å²) in [5.41, 5.74) is -2.31. The number of hydrogen-bond acceptors (Lipinski definition) is 9. The standard InChI is InChI=1S/C29H36Cl2O9/c1-28(35,19-21-3-7-23(8-4-21)37-15-17-39-25(32)11-13-30)27(34)29(2,36)20-22-5-9-24(10-6-22)38-16-18-40-26(33)12-14-31/h3-10,35-36H,11-20H2,1-2H3. The molecule has 0 saturated carbocycles. The molecule has 2 aromatic carbocycles. The van der Waals surface area contributed by atoms with Crippen LogP contribution in [0.3, 0.4) is 0 Å². The first-order valence-corrected chi connectivity index (χ1v) is 13.9. The predicted molar refractivity (Wildman–Crippen MR) is 150 cm³/mol. The smallest absolute Gasteiger partial charge is 0.307 e. The Balaban J connectivity index is 1.85. The number of carbonyl (C=O) groups is 3. The number of benzene rings is 2. The Morgan fingerprint density at radius 2 is 1.00 bits per heavy atom. The third kappa shape index (κ3) is 11.7. The van der Waals surface area contributed by atoms with E-state index in [4.69, 9.17) is 42.1 Å². The van der Waals surface area contributed by atoms with Gasteiger partial charge in [0.25, 0.3) is 0 Å². The Bertz CT molecular complexity index is 998. The van der Waals surface area contributed by atoms with E-state index in [-0.39, 0.29) is 63.9 Å². The van der Waals surface area contributed by atoms with Gasteiger partial charge in [0.15, 0.2) is 5.78 Å². The van der Waals surface area contributed by atoms with Crippen molar-refractivity contribution in [2.24, 2.45) is 0 Å². The van der Waals surface area contributed by atoms with Crippen molar-refractivity contribution >= 4 is 40.9 Å². The van der Waals surface area contributed by atoms with Crippen LogP contribution >= 0.6 is 23.2 Å². The van der Waals surface area contributed by atoms with Crippen molar-refractivity contribution < 1.29 is 43.5 Å². The first kappa shape index (κ1) is 33.4. The molecule has 0 amide bonds. The van der Waals surface area contributed by atoms with Crippen LogP contribution in [0.15, 0.2) is 48.5 Å². The molecule has 11 heteroatoms. The van der Waals surface area contributed by atoms with Gasteiger partial charge in [-0.1, -0.05) is 24.3 Å². The van der Waals surface area contributed by atoms with E-state index in [9.17, 15) is 24.6 Å². The number of ketones is 1. The minimum absolute atomic E-state index is 0.0133. The van der Waals surface area contributed by atoms with Gasteiger partial charge in [-0.25, -0.2) is 0 Å². The van der Waals surface area contributed by atoms with Gasteiger partial charge in [-0.05, 0) is 49.2 Å². The van der Waals surface area contributed by atoms with Crippen LogP contribution in [-0.4, -0.2) is 77.3 Å². The SMILES string of the molecule is CC(O)(Cc1ccc(OCCOC(=O)CCCl)cc1)C(=O)C(C)(O)Cc1ccc(OCCOC(=O)CCCl)cc1. The monoisotopic (exact) mass is 598 g/mol. The summed E-state index contributed by atoms with van der Waals surface area (Å²) in [6.45, 7) is 3.28. The Labute approximate surface area is 244 Å². The number of esters is 2. The normalized spacial score (nSPS) is 13.9. The van der Waals surface area contributed by atoms with Crippen LogP contribution < -0.4 is 9.47 Å². The molecule has 220 valence electrons. The highest BCUT2D eigenvalue weighted by Crippen LogP contribution is 2.26.